The van der Waals surface area contributed by atoms with Crippen molar-refractivity contribution in [2.45, 2.75) is 12.5 Å². The maximum absolute atomic E-state index is 12.0. The van der Waals surface area contributed by atoms with Crippen LogP contribution in [0.15, 0.2) is 30.3 Å². The van der Waals surface area contributed by atoms with Crippen LogP contribution in [0.4, 0.5) is 5.69 Å². The topological polar surface area (TPSA) is 73.2 Å². The van der Waals surface area contributed by atoms with Gasteiger partial charge < -0.3 is 10.2 Å². The Labute approximate surface area is 105 Å². The zero-order valence-corrected chi connectivity index (χ0v) is 9.74. The normalized spacial score (nSPS) is 22.3. The molecule has 2 atom stereocenters. The summed E-state index contributed by atoms with van der Waals surface area (Å²) in [5.74, 6) is -0.467. The summed E-state index contributed by atoms with van der Waals surface area (Å²) in [6.45, 7) is 0.306. The number of para-hydroxylation sites is 1. The number of nitrogens with one attached hydrogen (secondary N) is 1. The molecule has 0 aromatic heterocycles. The molecule has 0 aliphatic carbocycles. The van der Waals surface area contributed by atoms with Crippen LogP contribution in [0.3, 0.4) is 0 Å². The van der Waals surface area contributed by atoms with E-state index >= 15 is 0 Å². The van der Waals surface area contributed by atoms with Crippen LogP contribution in [-0.2, 0) is 9.59 Å². The minimum atomic E-state index is -0.492. The van der Waals surface area contributed by atoms with E-state index in [4.69, 9.17) is 5.26 Å². The van der Waals surface area contributed by atoms with Gasteiger partial charge in [0.2, 0.25) is 12.3 Å². The molecule has 18 heavy (non-hydrogen) atoms. The summed E-state index contributed by atoms with van der Waals surface area (Å²) in [5, 5.41) is 11.7. The number of hydrogen-bond donors (Lipinski definition) is 1. The molecule has 1 aromatic carbocycles. The summed E-state index contributed by atoms with van der Waals surface area (Å²) in [6.07, 6.45) is 1.03. The lowest BCUT2D eigenvalue weighted by atomic mass is 10.1. The van der Waals surface area contributed by atoms with Crippen molar-refractivity contribution >= 4 is 18.0 Å². The van der Waals surface area contributed by atoms with E-state index in [0.717, 1.165) is 5.69 Å². The van der Waals surface area contributed by atoms with Crippen molar-refractivity contribution in [3.63, 3.8) is 0 Å². The van der Waals surface area contributed by atoms with Crippen LogP contribution < -0.4 is 5.32 Å². The molecule has 1 aromatic rings. The van der Waals surface area contributed by atoms with Crippen LogP contribution in [0, 0.1) is 17.2 Å². The van der Waals surface area contributed by atoms with Crippen LogP contribution in [0.2, 0.25) is 0 Å². The third kappa shape index (κ3) is 2.48. The van der Waals surface area contributed by atoms with Crippen molar-refractivity contribution in [3.05, 3.63) is 30.3 Å². The van der Waals surface area contributed by atoms with Gasteiger partial charge >= 0.3 is 0 Å². The third-order valence-corrected chi connectivity index (χ3v) is 3.04. The molecule has 1 heterocycles. The van der Waals surface area contributed by atoms with E-state index in [1.54, 1.807) is 12.1 Å². The molecule has 5 nitrogen and oxygen atoms in total. The highest BCUT2D eigenvalue weighted by molar-refractivity contribution is 5.93. The highest BCUT2D eigenvalue weighted by Gasteiger charge is 2.35. The molecule has 1 aliphatic rings. The Morgan fingerprint density at radius 2 is 2.17 bits per heavy atom. The first-order chi connectivity index (χ1) is 8.74. The molecule has 92 valence electrons. The predicted octanol–water partition coefficient (Wildman–Crippen LogP) is 0.996. The van der Waals surface area contributed by atoms with Crippen LogP contribution in [0.25, 0.3) is 0 Å². The molecule has 5 heteroatoms. The van der Waals surface area contributed by atoms with Gasteiger partial charge in [-0.25, -0.2) is 0 Å². The molecular formula is C13H13N3O2. The summed E-state index contributed by atoms with van der Waals surface area (Å²) in [6, 6.07) is 10.7. The number of nitriles is 1. The van der Waals surface area contributed by atoms with Gasteiger partial charge in [0, 0.05) is 12.2 Å². The van der Waals surface area contributed by atoms with Crippen molar-refractivity contribution in [3.8, 4) is 6.07 Å². The second-order valence-electron chi connectivity index (χ2n) is 4.24. The van der Waals surface area contributed by atoms with E-state index in [1.165, 1.54) is 4.90 Å². The zero-order valence-electron chi connectivity index (χ0n) is 9.74. The van der Waals surface area contributed by atoms with Crippen LogP contribution >= 0.6 is 0 Å². The van der Waals surface area contributed by atoms with E-state index in [1.807, 2.05) is 24.3 Å². The number of carbonyl (C=O) groups excluding carboxylic acids is 2. The molecular weight excluding hydrogens is 230 g/mol. The third-order valence-electron chi connectivity index (χ3n) is 3.04. The molecule has 0 bridgehead atoms. The number of hydrogen-bond acceptors (Lipinski definition) is 3. The van der Waals surface area contributed by atoms with E-state index in [9.17, 15) is 9.59 Å². The Balaban J connectivity index is 1.99. The number of anilines is 1. The quantitative estimate of drug-likeness (QED) is 0.805. The Hall–Kier alpha value is -2.35. The second-order valence-corrected chi connectivity index (χ2v) is 4.24. The first kappa shape index (κ1) is 12.1. The van der Waals surface area contributed by atoms with Gasteiger partial charge in [-0.05, 0) is 18.6 Å². The maximum atomic E-state index is 12.0. The molecule has 1 saturated heterocycles. The highest BCUT2D eigenvalue weighted by atomic mass is 16.2. The number of likely N-dealkylation sites (tertiary alicyclic amines) is 1. The zero-order chi connectivity index (χ0) is 13.0. The van der Waals surface area contributed by atoms with E-state index in [0.29, 0.717) is 19.4 Å². The molecule has 0 radical (unpaired) electrons. The standard InChI is InChI=1S/C13H13N3O2/c14-7-12-6-10(8-16(12)9-17)13(18)15-11-4-2-1-3-5-11/h1-5,9-10,12H,6,8H2,(H,15,18)/t10?,12-/m0/s1. The number of rotatable bonds is 3. The fraction of sp³-hybridized carbons (Fsp3) is 0.308. The summed E-state index contributed by atoms with van der Waals surface area (Å²) in [7, 11) is 0. The van der Waals surface area contributed by atoms with Crippen LogP contribution in [0.1, 0.15) is 6.42 Å². The van der Waals surface area contributed by atoms with Gasteiger partial charge in [-0.2, -0.15) is 5.26 Å². The highest BCUT2D eigenvalue weighted by Crippen LogP contribution is 2.22. The number of benzene rings is 1. The lowest BCUT2D eigenvalue weighted by molar-refractivity contribution is -0.120. The summed E-state index contributed by atoms with van der Waals surface area (Å²) < 4.78 is 0. The molecule has 0 saturated carbocycles. The summed E-state index contributed by atoms with van der Waals surface area (Å²) in [5.41, 5.74) is 0.723. The van der Waals surface area contributed by atoms with Gasteiger partial charge in [0.1, 0.15) is 6.04 Å². The van der Waals surface area contributed by atoms with Gasteiger partial charge in [-0.15, -0.1) is 0 Å². The second kappa shape index (κ2) is 5.32. The van der Waals surface area contributed by atoms with Crippen LogP contribution in [-0.4, -0.2) is 29.8 Å². The monoisotopic (exact) mass is 243 g/mol. The predicted molar refractivity (Wildman–Crippen MR) is 65.3 cm³/mol. The first-order valence-electron chi connectivity index (χ1n) is 5.71. The lowest BCUT2D eigenvalue weighted by Gasteiger charge is -2.12. The molecule has 0 spiro atoms. The molecule has 1 unspecified atom stereocenters. The van der Waals surface area contributed by atoms with Crippen LogP contribution in [0.5, 0.6) is 0 Å². The van der Waals surface area contributed by atoms with Gasteiger partial charge in [0.15, 0.2) is 0 Å². The van der Waals surface area contributed by atoms with Crippen molar-refractivity contribution in [2.75, 3.05) is 11.9 Å². The van der Waals surface area contributed by atoms with Crippen molar-refractivity contribution in [1.29, 1.82) is 5.26 Å². The van der Waals surface area contributed by atoms with E-state index in [-0.39, 0.29) is 11.8 Å². The number of amides is 2. The number of carbonyl (C=O) groups is 2. The van der Waals surface area contributed by atoms with Gasteiger partial charge in [0.25, 0.3) is 0 Å². The van der Waals surface area contributed by atoms with E-state index < -0.39 is 6.04 Å². The summed E-state index contributed by atoms with van der Waals surface area (Å²) in [4.78, 5) is 24.1. The van der Waals surface area contributed by atoms with Crippen molar-refractivity contribution in [1.82, 2.24) is 4.90 Å². The lowest BCUT2D eigenvalue weighted by Crippen LogP contribution is -2.28. The van der Waals surface area contributed by atoms with Crippen molar-refractivity contribution < 1.29 is 9.59 Å². The first-order valence-corrected chi connectivity index (χ1v) is 5.71. The molecule has 2 amide bonds. The van der Waals surface area contributed by atoms with Gasteiger partial charge in [0.05, 0.1) is 12.0 Å². The minimum Gasteiger partial charge on any atom is -0.328 e. The Morgan fingerprint density at radius 3 is 2.72 bits per heavy atom. The van der Waals surface area contributed by atoms with E-state index in [2.05, 4.69) is 5.32 Å². The average Bonchev–Trinajstić information content (AvgIpc) is 2.83. The Kier molecular flexibility index (Phi) is 3.58. The van der Waals surface area contributed by atoms with Gasteiger partial charge in [-0.3, -0.25) is 9.59 Å². The molecule has 1 N–H and O–H groups in total. The Bertz CT molecular complexity index is 481. The van der Waals surface area contributed by atoms with Gasteiger partial charge in [-0.1, -0.05) is 18.2 Å². The SMILES string of the molecule is N#C[C@@H]1CC(C(=O)Nc2ccccc2)CN1C=O. The number of nitrogens with zero attached hydrogens (tertiary/aromatic N) is 2. The molecule has 1 aliphatic heterocycles. The fourth-order valence-electron chi connectivity index (χ4n) is 2.06. The maximum Gasteiger partial charge on any atom is 0.229 e. The smallest absolute Gasteiger partial charge is 0.229 e. The van der Waals surface area contributed by atoms with Crippen molar-refractivity contribution in [2.24, 2.45) is 5.92 Å². The minimum absolute atomic E-state index is 0.147. The molecule has 1 fully saturated rings. The fourth-order valence-corrected chi connectivity index (χ4v) is 2.06. The summed E-state index contributed by atoms with van der Waals surface area (Å²) >= 11 is 0. The average molecular weight is 243 g/mol. The Morgan fingerprint density at radius 1 is 1.44 bits per heavy atom. The largest absolute Gasteiger partial charge is 0.328 e. The molecule has 2 rings (SSSR count).